The summed E-state index contributed by atoms with van der Waals surface area (Å²) in [5.41, 5.74) is 2.00. The molecule has 2 N–H and O–H groups in total. The van der Waals surface area contributed by atoms with Gasteiger partial charge in [0.1, 0.15) is 36.2 Å². The van der Waals surface area contributed by atoms with Crippen LogP contribution in [0.2, 0.25) is 0 Å². The van der Waals surface area contributed by atoms with Crippen molar-refractivity contribution in [1.82, 2.24) is 0 Å². The minimum absolute atomic E-state index is 0.248. The van der Waals surface area contributed by atoms with Crippen molar-refractivity contribution in [3.63, 3.8) is 0 Å². The topological polar surface area (TPSA) is 58.9 Å². The highest BCUT2D eigenvalue weighted by atomic mass is 32.2. The zero-order valence-corrected chi connectivity index (χ0v) is 21.0. The van der Waals surface area contributed by atoms with Gasteiger partial charge in [-0.3, -0.25) is 0 Å². The predicted molar refractivity (Wildman–Crippen MR) is 146 cm³/mol. The molecule has 0 saturated heterocycles. The molecule has 0 aliphatic heterocycles. The van der Waals surface area contributed by atoms with E-state index in [2.05, 4.69) is 48.5 Å². The molecule has 0 radical (unpaired) electrons. The van der Waals surface area contributed by atoms with Crippen molar-refractivity contribution in [2.24, 2.45) is 0 Å². The van der Waals surface area contributed by atoms with E-state index < -0.39 is 0 Å². The molecule has 0 spiro atoms. The summed E-state index contributed by atoms with van der Waals surface area (Å²) >= 11 is 0. The molecule has 4 nitrogen and oxygen atoms in total. The lowest BCUT2D eigenvalue weighted by Crippen LogP contribution is -2.05. The highest BCUT2D eigenvalue weighted by Gasteiger charge is 2.28. The normalized spacial score (nSPS) is 10.8. The first-order valence-electron chi connectivity index (χ1n) is 11.9. The Labute approximate surface area is 219 Å². The van der Waals surface area contributed by atoms with E-state index >= 15 is 0 Å². The van der Waals surface area contributed by atoms with Crippen LogP contribution < -0.4 is 9.47 Å². The van der Waals surface area contributed by atoms with Crippen LogP contribution in [0, 0.1) is 0 Å². The van der Waals surface area contributed by atoms with Crippen LogP contribution >= 0.6 is 0 Å². The van der Waals surface area contributed by atoms with Crippen LogP contribution in [0.1, 0.15) is 11.1 Å². The molecule has 5 rings (SSSR count). The Kier molecular flexibility index (Phi) is 7.63. The lowest BCUT2D eigenvalue weighted by atomic mass is 10.2. The van der Waals surface area contributed by atoms with Crippen LogP contribution in [-0.4, -0.2) is 10.2 Å². The molecule has 0 aromatic heterocycles. The van der Waals surface area contributed by atoms with Crippen molar-refractivity contribution in [3.8, 4) is 23.0 Å². The number of ether oxygens (including phenoxy) is 2. The maximum absolute atomic E-state index is 9.46. The fourth-order valence-electron chi connectivity index (χ4n) is 3.83. The van der Waals surface area contributed by atoms with Gasteiger partial charge in [0.05, 0.1) is 10.9 Å². The maximum Gasteiger partial charge on any atom is 0.166 e. The number of hydrogen-bond donors (Lipinski definition) is 2. The van der Waals surface area contributed by atoms with Crippen molar-refractivity contribution in [3.05, 3.63) is 139 Å². The monoisotopic (exact) mass is 507 g/mol. The largest absolute Gasteiger partial charge is 0.508 e. The maximum atomic E-state index is 9.46. The third-order valence-electron chi connectivity index (χ3n) is 5.78. The van der Waals surface area contributed by atoms with Crippen molar-refractivity contribution in [2.45, 2.75) is 27.9 Å². The first kappa shape index (κ1) is 24.3. The summed E-state index contributed by atoms with van der Waals surface area (Å²) in [4.78, 5) is 3.62. The van der Waals surface area contributed by atoms with Gasteiger partial charge in [-0.1, -0.05) is 42.5 Å². The van der Waals surface area contributed by atoms with Crippen LogP contribution in [-0.2, 0) is 24.1 Å². The summed E-state index contributed by atoms with van der Waals surface area (Å²) in [7, 11) is -0.283. The number of benzene rings is 5. The SMILES string of the molecule is Oc1ccc(COc2ccc([S+](c3ccccc3)c3ccc(OCc4ccc(O)cc4)cc3)cc2)cc1. The number of aromatic hydroxyl groups is 2. The molecular formula is C32H27O4S+. The number of phenols is 2. The highest BCUT2D eigenvalue weighted by Crippen LogP contribution is 2.33. The van der Waals surface area contributed by atoms with Crippen molar-refractivity contribution < 1.29 is 19.7 Å². The van der Waals surface area contributed by atoms with E-state index in [0.29, 0.717) is 13.2 Å². The Morgan fingerprint density at radius 3 is 1.22 bits per heavy atom. The van der Waals surface area contributed by atoms with E-state index in [0.717, 1.165) is 22.6 Å². The minimum Gasteiger partial charge on any atom is -0.508 e. The van der Waals surface area contributed by atoms with E-state index in [9.17, 15) is 10.2 Å². The third kappa shape index (κ3) is 6.46. The average Bonchev–Trinajstić information content (AvgIpc) is 2.95. The Balaban J connectivity index is 1.31. The van der Waals surface area contributed by atoms with Crippen molar-refractivity contribution in [2.75, 3.05) is 0 Å². The van der Waals surface area contributed by atoms with Crippen molar-refractivity contribution in [1.29, 1.82) is 0 Å². The van der Waals surface area contributed by atoms with Gasteiger partial charge >= 0.3 is 0 Å². The number of hydrogen-bond acceptors (Lipinski definition) is 4. The molecule has 0 saturated carbocycles. The Morgan fingerprint density at radius 1 is 0.432 bits per heavy atom. The number of phenolic OH excluding ortho intramolecular Hbond substituents is 2. The predicted octanol–water partition coefficient (Wildman–Crippen LogP) is 7.35. The molecule has 0 aliphatic carbocycles. The highest BCUT2D eigenvalue weighted by molar-refractivity contribution is 7.97. The average molecular weight is 508 g/mol. The van der Waals surface area contributed by atoms with Gasteiger partial charge in [0.15, 0.2) is 14.7 Å². The molecule has 0 bridgehead atoms. The van der Waals surface area contributed by atoms with E-state index in [-0.39, 0.29) is 22.4 Å². The molecule has 5 aromatic carbocycles. The molecular weight excluding hydrogens is 480 g/mol. The zero-order chi connectivity index (χ0) is 25.5. The van der Waals surface area contributed by atoms with Crippen LogP contribution in [0.3, 0.4) is 0 Å². The van der Waals surface area contributed by atoms with Crippen LogP contribution in [0.25, 0.3) is 0 Å². The van der Waals surface area contributed by atoms with Gasteiger partial charge in [-0.05, 0) is 96.1 Å². The summed E-state index contributed by atoms with van der Waals surface area (Å²) in [5, 5.41) is 18.9. The first-order valence-corrected chi connectivity index (χ1v) is 13.2. The van der Waals surface area contributed by atoms with Gasteiger partial charge in [-0.15, -0.1) is 0 Å². The minimum atomic E-state index is -0.283. The molecule has 0 amide bonds. The molecule has 0 heterocycles. The van der Waals surface area contributed by atoms with Gasteiger partial charge in [-0.2, -0.15) is 0 Å². The lowest BCUT2D eigenvalue weighted by molar-refractivity contribution is 0.306. The first-order chi connectivity index (χ1) is 18.1. The second-order valence-corrected chi connectivity index (χ2v) is 10.5. The zero-order valence-electron chi connectivity index (χ0n) is 20.2. The lowest BCUT2D eigenvalue weighted by Gasteiger charge is -2.11. The van der Waals surface area contributed by atoms with Gasteiger partial charge in [0, 0.05) is 0 Å². The Hall–Kier alpha value is -4.35. The summed E-state index contributed by atoms with van der Waals surface area (Å²) in [6.45, 7) is 0.880. The fraction of sp³-hybridized carbons (Fsp3) is 0.0625. The smallest absolute Gasteiger partial charge is 0.166 e. The molecule has 5 heteroatoms. The summed E-state index contributed by atoms with van der Waals surface area (Å²) in [5.74, 6) is 2.09. The molecule has 184 valence electrons. The summed E-state index contributed by atoms with van der Waals surface area (Å²) < 4.78 is 11.9. The van der Waals surface area contributed by atoms with Gasteiger partial charge in [0.25, 0.3) is 0 Å². The van der Waals surface area contributed by atoms with Crippen LogP contribution in [0.5, 0.6) is 23.0 Å². The molecule has 37 heavy (non-hydrogen) atoms. The second kappa shape index (κ2) is 11.6. The van der Waals surface area contributed by atoms with Gasteiger partial charge in [-0.25, -0.2) is 0 Å². The van der Waals surface area contributed by atoms with E-state index in [4.69, 9.17) is 9.47 Å². The fourth-order valence-corrected chi connectivity index (χ4v) is 5.89. The number of rotatable bonds is 9. The molecule has 0 fully saturated rings. The Morgan fingerprint density at radius 2 is 0.811 bits per heavy atom. The molecule has 5 aromatic rings. The second-order valence-electron chi connectivity index (χ2n) is 8.47. The summed E-state index contributed by atoms with van der Waals surface area (Å²) in [6.07, 6.45) is 0. The van der Waals surface area contributed by atoms with E-state index in [1.165, 1.54) is 14.7 Å². The van der Waals surface area contributed by atoms with Crippen molar-refractivity contribution >= 4 is 10.9 Å². The van der Waals surface area contributed by atoms with Crippen LogP contribution in [0.15, 0.2) is 142 Å². The molecule has 0 atom stereocenters. The standard InChI is InChI=1S/C32H26O4S/c33-26-10-6-24(7-11-26)22-35-28-14-18-31(19-15-28)37(30-4-2-1-3-5-30)32-20-16-29(17-21-32)36-23-25-8-12-27(34)13-9-25/h1-21H,22-23H2,(H-,33,34)/p+1. The molecule has 0 aliphatic rings. The van der Waals surface area contributed by atoms with Gasteiger partial charge in [0.2, 0.25) is 0 Å². The molecule has 0 unspecified atom stereocenters. The Bertz CT molecular complexity index is 1310. The van der Waals surface area contributed by atoms with Gasteiger partial charge < -0.3 is 19.7 Å². The summed E-state index contributed by atoms with van der Waals surface area (Å²) in [6, 6.07) is 41.1. The quantitative estimate of drug-likeness (QED) is 0.205. The van der Waals surface area contributed by atoms with E-state index in [1.807, 2.05) is 54.6 Å². The third-order valence-corrected chi connectivity index (χ3v) is 8.01. The van der Waals surface area contributed by atoms with E-state index in [1.54, 1.807) is 24.3 Å². The van der Waals surface area contributed by atoms with Crippen LogP contribution in [0.4, 0.5) is 0 Å².